The molecule has 0 bridgehead atoms. The van der Waals surface area contributed by atoms with Crippen LogP contribution in [0.3, 0.4) is 0 Å². The van der Waals surface area contributed by atoms with Crippen LogP contribution in [0.5, 0.6) is 0 Å². The van der Waals surface area contributed by atoms with E-state index >= 15 is 0 Å². The molecular formula is C12H8BrN3. The largest absolute Gasteiger partial charge is 0.256 e. The van der Waals surface area contributed by atoms with E-state index in [0.717, 1.165) is 21.2 Å². The fourth-order valence-corrected chi connectivity index (χ4v) is 2.04. The van der Waals surface area contributed by atoms with Gasteiger partial charge in [-0.2, -0.15) is 5.10 Å². The number of hydrogen-bond acceptors (Lipinski definition) is 2. The van der Waals surface area contributed by atoms with Crippen LogP contribution in [0.4, 0.5) is 0 Å². The van der Waals surface area contributed by atoms with Gasteiger partial charge in [-0.1, -0.05) is 6.07 Å². The van der Waals surface area contributed by atoms with Crippen LogP contribution >= 0.6 is 15.9 Å². The van der Waals surface area contributed by atoms with Crippen LogP contribution in [0.15, 0.2) is 53.4 Å². The van der Waals surface area contributed by atoms with E-state index in [-0.39, 0.29) is 0 Å². The molecule has 4 heteroatoms. The summed E-state index contributed by atoms with van der Waals surface area (Å²) in [6.45, 7) is 0. The fraction of sp³-hybridized carbons (Fsp3) is 0. The van der Waals surface area contributed by atoms with Crippen molar-refractivity contribution in [3.05, 3.63) is 53.4 Å². The average Bonchev–Trinajstić information content (AvgIpc) is 2.72. The smallest absolute Gasteiger partial charge is 0.0804 e. The molecule has 3 aromatic heterocycles. The number of aromatic nitrogens is 3. The second-order valence-electron chi connectivity index (χ2n) is 3.46. The summed E-state index contributed by atoms with van der Waals surface area (Å²) in [5.74, 6) is 0. The Morgan fingerprint density at radius 3 is 2.88 bits per heavy atom. The van der Waals surface area contributed by atoms with Crippen molar-refractivity contribution in [3.63, 3.8) is 0 Å². The number of nitrogens with zero attached hydrogens (tertiary/aromatic N) is 3. The molecule has 0 aliphatic rings. The molecule has 0 fully saturated rings. The first-order chi connectivity index (χ1) is 7.84. The van der Waals surface area contributed by atoms with Crippen LogP contribution in [0, 0.1) is 0 Å². The first kappa shape index (κ1) is 9.54. The Kier molecular flexibility index (Phi) is 2.22. The van der Waals surface area contributed by atoms with Crippen LogP contribution < -0.4 is 0 Å². The summed E-state index contributed by atoms with van der Waals surface area (Å²) in [5.41, 5.74) is 3.07. The van der Waals surface area contributed by atoms with Gasteiger partial charge in [0, 0.05) is 18.0 Å². The van der Waals surface area contributed by atoms with Gasteiger partial charge >= 0.3 is 0 Å². The fourth-order valence-electron chi connectivity index (χ4n) is 1.64. The highest BCUT2D eigenvalue weighted by molar-refractivity contribution is 9.10. The Hall–Kier alpha value is -1.68. The van der Waals surface area contributed by atoms with Gasteiger partial charge in [0.05, 0.1) is 21.9 Å². The SMILES string of the molecule is Brc1cnn2cc(-c3ccccn3)ccc12. The van der Waals surface area contributed by atoms with E-state index < -0.39 is 0 Å². The highest BCUT2D eigenvalue weighted by Crippen LogP contribution is 2.21. The molecule has 3 aromatic rings. The van der Waals surface area contributed by atoms with Gasteiger partial charge in [-0.3, -0.25) is 4.98 Å². The first-order valence-corrected chi connectivity index (χ1v) is 5.68. The van der Waals surface area contributed by atoms with Crippen molar-refractivity contribution in [2.75, 3.05) is 0 Å². The summed E-state index contributed by atoms with van der Waals surface area (Å²) < 4.78 is 2.84. The van der Waals surface area contributed by atoms with Crippen molar-refractivity contribution < 1.29 is 0 Å². The highest BCUT2D eigenvalue weighted by Gasteiger charge is 2.03. The van der Waals surface area contributed by atoms with Gasteiger partial charge in [0.2, 0.25) is 0 Å². The van der Waals surface area contributed by atoms with E-state index in [1.54, 1.807) is 12.4 Å². The molecule has 3 heterocycles. The van der Waals surface area contributed by atoms with Crippen LogP contribution in [-0.4, -0.2) is 14.6 Å². The third-order valence-electron chi connectivity index (χ3n) is 2.43. The zero-order chi connectivity index (χ0) is 11.0. The van der Waals surface area contributed by atoms with Crippen molar-refractivity contribution in [2.45, 2.75) is 0 Å². The molecule has 0 atom stereocenters. The van der Waals surface area contributed by atoms with Gasteiger partial charge < -0.3 is 0 Å². The van der Waals surface area contributed by atoms with Crippen LogP contribution in [0.2, 0.25) is 0 Å². The third kappa shape index (κ3) is 1.51. The van der Waals surface area contributed by atoms with Crippen molar-refractivity contribution in [3.8, 4) is 11.3 Å². The molecule has 0 saturated heterocycles. The zero-order valence-electron chi connectivity index (χ0n) is 8.34. The maximum Gasteiger partial charge on any atom is 0.0804 e. The summed E-state index contributed by atoms with van der Waals surface area (Å²) >= 11 is 3.45. The molecule has 0 aromatic carbocycles. The van der Waals surface area contributed by atoms with Gasteiger partial charge in [-0.15, -0.1) is 0 Å². The molecule has 3 nitrogen and oxygen atoms in total. The Morgan fingerprint density at radius 2 is 2.06 bits per heavy atom. The summed E-state index contributed by atoms with van der Waals surface area (Å²) in [7, 11) is 0. The summed E-state index contributed by atoms with van der Waals surface area (Å²) in [5, 5.41) is 4.25. The number of halogens is 1. The molecule has 0 N–H and O–H groups in total. The van der Waals surface area contributed by atoms with Gasteiger partial charge in [-0.25, -0.2) is 4.52 Å². The predicted octanol–water partition coefficient (Wildman–Crippen LogP) is 3.16. The number of rotatable bonds is 1. The third-order valence-corrected chi connectivity index (χ3v) is 3.04. The lowest BCUT2D eigenvalue weighted by atomic mass is 10.2. The monoisotopic (exact) mass is 273 g/mol. The lowest BCUT2D eigenvalue weighted by Gasteiger charge is -2.01. The van der Waals surface area contributed by atoms with E-state index in [0.29, 0.717) is 0 Å². The van der Waals surface area contributed by atoms with E-state index in [4.69, 9.17) is 0 Å². The van der Waals surface area contributed by atoms with Crippen molar-refractivity contribution >= 4 is 21.4 Å². The summed E-state index contributed by atoms with van der Waals surface area (Å²) in [4.78, 5) is 4.31. The minimum atomic E-state index is 0.955. The molecule has 0 amide bonds. The molecule has 0 aliphatic heterocycles. The molecule has 0 spiro atoms. The number of pyridine rings is 2. The minimum absolute atomic E-state index is 0.955. The molecule has 78 valence electrons. The number of fused-ring (bicyclic) bond motifs is 1. The molecule has 0 aliphatic carbocycles. The second kappa shape index (κ2) is 3.72. The van der Waals surface area contributed by atoms with Gasteiger partial charge in [0.15, 0.2) is 0 Å². The Morgan fingerprint density at radius 1 is 1.12 bits per heavy atom. The van der Waals surface area contributed by atoms with Crippen molar-refractivity contribution in [2.24, 2.45) is 0 Å². The predicted molar refractivity (Wildman–Crippen MR) is 66.1 cm³/mol. The zero-order valence-corrected chi connectivity index (χ0v) is 9.92. The number of hydrogen-bond donors (Lipinski definition) is 0. The molecule has 3 rings (SSSR count). The van der Waals surface area contributed by atoms with Gasteiger partial charge in [-0.05, 0) is 40.2 Å². The van der Waals surface area contributed by atoms with Crippen LogP contribution in [-0.2, 0) is 0 Å². The normalized spacial score (nSPS) is 10.8. The van der Waals surface area contributed by atoms with E-state index in [9.17, 15) is 0 Å². The van der Waals surface area contributed by atoms with Crippen LogP contribution in [0.1, 0.15) is 0 Å². The second-order valence-corrected chi connectivity index (χ2v) is 4.31. The molecular weight excluding hydrogens is 266 g/mol. The first-order valence-electron chi connectivity index (χ1n) is 4.89. The Balaban J connectivity index is 2.19. The molecule has 0 radical (unpaired) electrons. The quantitative estimate of drug-likeness (QED) is 0.682. The molecule has 0 saturated carbocycles. The highest BCUT2D eigenvalue weighted by atomic mass is 79.9. The maximum atomic E-state index is 4.31. The lowest BCUT2D eigenvalue weighted by Crippen LogP contribution is -1.89. The standard InChI is InChI=1S/C12H8BrN3/c13-10-7-15-16-8-9(4-5-12(10)16)11-3-1-2-6-14-11/h1-8H. The molecule has 0 unspecified atom stereocenters. The van der Waals surface area contributed by atoms with E-state index in [2.05, 4.69) is 26.0 Å². The van der Waals surface area contributed by atoms with Crippen molar-refractivity contribution in [1.29, 1.82) is 0 Å². The van der Waals surface area contributed by atoms with Crippen LogP contribution in [0.25, 0.3) is 16.8 Å². The lowest BCUT2D eigenvalue weighted by molar-refractivity contribution is 0.961. The Labute approximate surface area is 101 Å². The van der Waals surface area contributed by atoms with Crippen molar-refractivity contribution in [1.82, 2.24) is 14.6 Å². The summed E-state index contributed by atoms with van der Waals surface area (Å²) in [6.07, 6.45) is 5.55. The van der Waals surface area contributed by atoms with E-state index in [1.807, 2.05) is 41.0 Å². The Bertz CT molecular complexity index is 631. The minimum Gasteiger partial charge on any atom is -0.256 e. The van der Waals surface area contributed by atoms with Gasteiger partial charge in [0.25, 0.3) is 0 Å². The van der Waals surface area contributed by atoms with E-state index in [1.165, 1.54) is 0 Å². The average molecular weight is 274 g/mol. The topological polar surface area (TPSA) is 30.2 Å². The maximum absolute atomic E-state index is 4.31. The van der Waals surface area contributed by atoms with Gasteiger partial charge in [0.1, 0.15) is 0 Å². The summed E-state index contributed by atoms with van der Waals surface area (Å²) in [6, 6.07) is 9.95. The molecule has 16 heavy (non-hydrogen) atoms.